The van der Waals surface area contributed by atoms with Crippen LogP contribution in [0.3, 0.4) is 0 Å². The summed E-state index contributed by atoms with van der Waals surface area (Å²) in [6.45, 7) is 0. The molecule has 0 bridgehead atoms. The Kier molecular flexibility index (Phi) is 6.68. The first-order valence-corrected chi connectivity index (χ1v) is 13.9. The molecule has 2 heteroatoms. The molecule has 0 unspecified atom stereocenters. The van der Waals surface area contributed by atoms with Gasteiger partial charge >= 0.3 is 0 Å². The highest BCUT2D eigenvalue weighted by Crippen LogP contribution is 2.78. The molecule has 26 heavy (non-hydrogen) atoms. The Hall–Kier alpha value is -0.420. The van der Waals surface area contributed by atoms with Gasteiger partial charge in [0, 0.05) is 25.0 Å². The van der Waals surface area contributed by atoms with Crippen molar-refractivity contribution in [2.45, 2.75) is 119 Å². The van der Waals surface area contributed by atoms with Crippen molar-refractivity contribution in [1.29, 1.82) is 0 Å². The van der Waals surface area contributed by atoms with Gasteiger partial charge in [0.15, 0.2) is 12.4 Å². The van der Waals surface area contributed by atoms with Crippen molar-refractivity contribution in [3.8, 4) is 0 Å². The van der Waals surface area contributed by atoms with Crippen LogP contribution < -0.4 is 4.98 Å². The zero-order valence-electron chi connectivity index (χ0n) is 16.8. The lowest BCUT2D eigenvalue weighted by molar-refractivity contribution is -0.378. The zero-order valence-corrected chi connectivity index (χ0v) is 17.7. The fourth-order valence-corrected chi connectivity index (χ4v) is 14.2. The van der Waals surface area contributed by atoms with E-state index in [1.807, 2.05) is 0 Å². The molecule has 3 aliphatic rings. The molecule has 1 aromatic heterocycles. The lowest BCUT2D eigenvalue weighted by atomic mass is 9.99. The molecule has 0 radical (unpaired) electrons. The lowest BCUT2D eigenvalue weighted by Gasteiger charge is -2.49. The second-order valence-electron chi connectivity index (χ2n) is 9.44. The fourth-order valence-electron chi connectivity index (χ4n) is 6.81. The van der Waals surface area contributed by atoms with Gasteiger partial charge in [0.25, 0.3) is 0 Å². The number of H-pyrrole nitrogens is 1. The summed E-state index contributed by atoms with van der Waals surface area (Å²) < 4.78 is 0. The van der Waals surface area contributed by atoms with Crippen LogP contribution >= 0.6 is 7.26 Å². The molecule has 4 rings (SSSR count). The molecule has 1 nitrogen and oxygen atoms in total. The quantitative estimate of drug-likeness (QED) is 0.493. The average Bonchev–Trinajstić information content (AvgIpc) is 2.75. The van der Waals surface area contributed by atoms with E-state index < -0.39 is 7.26 Å². The highest BCUT2D eigenvalue weighted by atomic mass is 31.2. The number of nitrogens with one attached hydrogen (secondary N) is 1. The number of aromatic nitrogens is 1. The number of rotatable bonds is 5. The molecule has 0 spiro atoms. The van der Waals surface area contributed by atoms with E-state index in [1.54, 1.807) is 44.1 Å². The lowest BCUT2D eigenvalue weighted by Crippen LogP contribution is -2.37. The van der Waals surface area contributed by atoms with E-state index >= 15 is 0 Å². The van der Waals surface area contributed by atoms with Gasteiger partial charge in [-0.1, -0.05) is 19.3 Å². The van der Waals surface area contributed by atoms with Gasteiger partial charge in [-0.05, 0) is 77.0 Å². The van der Waals surface area contributed by atoms with Crippen molar-refractivity contribution < 1.29 is 4.98 Å². The van der Waals surface area contributed by atoms with Crippen LogP contribution in [0.25, 0.3) is 0 Å². The van der Waals surface area contributed by atoms with Crippen LogP contribution in [-0.2, 0) is 6.16 Å². The number of hydrogen-bond acceptors (Lipinski definition) is 0. The maximum atomic E-state index is 3.27. The molecule has 1 heterocycles. The van der Waals surface area contributed by atoms with Crippen molar-refractivity contribution in [1.82, 2.24) is 0 Å². The minimum atomic E-state index is -0.958. The Balaban J connectivity index is 1.71. The van der Waals surface area contributed by atoms with Gasteiger partial charge < -0.3 is 0 Å². The van der Waals surface area contributed by atoms with Gasteiger partial charge in [-0.15, -0.1) is 0 Å². The smallest absolute Gasteiger partial charge is 0.167 e. The minimum absolute atomic E-state index is 0.958. The molecule has 1 aromatic rings. The summed E-state index contributed by atoms with van der Waals surface area (Å²) in [6.07, 6.45) is 28.9. The van der Waals surface area contributed by atoms with E-state index in [0.717, 1.165) is 17.0 Å². The maximum absolute atomic E-state index is 3.27. The summed E-state index contributed by atoms with van der Waals surface area (Å²) in [7, 11) is -0.958. The van der Waals surface area contributed by atoms with Crippen LogP contribution in [0.4, 0.5) is 0 Å². The van der Waals surface area contributed by atoms with Crippen molar-refractivity contribution in [3.63, 3.8) is 0 Å². The highest BCUT2D eigenvalue weighted by Gasteiger charge is 2.56. The van der Waals surface area contributed by atoms with E-state index in [0.29, 0.717) is 0 Å². The van der Waals surface area contributed by atoms with Crippen LogP contribution in [0.1, 0.15) is 102 Å². The minimum Gasteiger partial charge on any atom is -0.218 e. The standard InChI is InChI=1S/C24H39NP/c1-4-10-22(11-5-1)26(23-12-6-2-7-13-23,24-14-8-3-9-15-24)20-21-16-18-25-19-17-21/h16-19,22-24H,1-15,20H2/q+1/p+1. The first-order chi connectivity index (χ1) is 12.9. The molecular formula is C24H40NP+2. The molecule has 144 valence electrons. The highest BCUT2D eigenvalue weighted by molar-refractivity contribution is 7.77. The van der Waals surface area contributed by atoms with Gasteiger partial charge in [0.2, 0.25) is 0 Å². The van der Waals surface area contributed by atoms with E-state index in [-0.39, 0.29) is 0 Å². The molecule has 0 aliphatic heterocycles. The van der Waals surface area contributed by atoms with E-state index in [2.05, 4.69) is 29.5 Å². The van der Waals surface area contributed by atoms with Gasteiger partial charge in [-0.3, -0.25) is 0 Å². The van der Waals surface area contributed by atoms with Crippen LogP contribution in [0, 0.1) is 0 Å². The van der Waals surface area contributed by atoms with Crippen molar-refractivity contribution in [2.24, 2.45) is 0 Å². The summed E-state index contributed by atoms with van der Waals surface area (Å²) in [6, 6.07) is 4.81. The summed E-state index contributed by atoms with van der Waals surface area (Å²) in [4.78, 5) is 3.27. The van der Waals surface area contributed by atoms with E-state index in [1.165, 1.54) is 63.9 Å². The summed E-state index contributed by atoms with van der Waals surface area (Å²) in [5, 5.41) is 0. The van der Waals surface area contributed by atoms with Gasteiger partial charge in [0.05, 0.1) is 23.1 Å². The predicted octanol–water partition coefficient (Wildman–Crippen LogP) is 7.02. The third-order valence-corrected chi connectivity index (χ3v) is 14.5. The molecule has 0 amide bonds. The molecule has 1 N–H and O–H groups in total. The summed E-state index contributed by atoms with van der Waals surface area (Å²) in [5.74, 6) is 0. The Bertz CT molecular complexity index is 479. The van der Waals surface area contributed by atoms with Crippen LogP contribution in [0.5, 0.6) is 0 Å². The first kappa shape index (κ1) is 18.9. The van der Waals surface area contributed by atoms with Crippen LogP contribution in [0.2, 0.25) is 0 Å². The Morgan fingerprint density at radius 3 is 1.38 bits per heavy atom. The number of pyridine rings is 1. The second-order valence-corrected chi connectivity index (χ2v) is 13.9. The molecule has 3 aliphatic carbocycles. The number of aromatic amines is 1. The second kappa shape index (κ2) is 9.18. The predicted molar refractivity (Wildman–Crippen MR) is 114 cm³/mol. The Morgan fingerprint density at radius 2 is 1.00 bits per heavy atom. The Morgan fingerprint density at radius 1 is 0.615 bits per heavy atom. The van der Waals surface area contributed by atoms with Crippen molar-refractivity contribution in [2.75, 3.05) is 0 Å². The van der Waals surface area contributed by atoms with Crippen molar-refractivity contribution >= 4 is 7.26 Å². The van der Waals surface area contributed by atoms with E-state index in [4.69, 9.17) is 0 Å². The van der Waals surface area contributed by atoms with Crippen molar-refractivity contribution in [3.05, 3.63) is 30.1 Å². The largest absolute Gasteiger partial charge is 0.218 e. The third kappa shape index (κ3) is 4.04. The van der Waals surface area contributed by atoms with Gasteiger partial charge in [-0.2, -0.15) is 0 Å². The van der Waals surface area contributed by atoms with Crippen LogP contribution in [-0.4, -0.2) is 17.0 Å². The van der Waals surface area contributed by atoms with Gasteiger partial charge in [0.1, 0.15) is 0 Å². The maximum Gasteiger partial charge on any atom is 0.167 e. The SMILES string of the molecule is c1cc(C[P+](C2CCCCC2)(C2CCCCC2)C2CCCCC2)cc[nH+]1. The topological polar surface area (TPSA) is 14.1 Å². The average molecular weight is 374 g/mol. The summed E-state index contributed by atoms with van der Waals surface area (Å²) in [5.41, 5.74) is 4.96. The molecule has 3 fully saturated rings. The Labute approximate surface area is 162 Å². The summed E-state index contributed by atoms with van der Waals surface area (Å²) >= 11 is 0. The van der Waals surface area contributed by atoms with Crippen LogP contribution in [0.15, 0.2) is 24.5 Å². The molecule has 0 saturated heterocycles. The normalized spacial score (nSPS) is 24.6. The molecule has 0 aromatic carbocycles. The fraction of sp³-hybridized carbons (Fsp3) is 0.792. The monoisotopic (exact) mass is 373 g/mol. The zero-order chi connectivity index (χ0) is 17.7. The number of hydrogen-bond donors (Lipinski definition) is 0. The van der Waals surface area contributed by atoms with Gasteiger partial charge in [-0.25, -0.2) is 4.98 Å². The third-order valence-electron chi connectivity index (χ3n) is 8.01. The molecule has 0 atom stereocenters. The van der Waals surface area contributed by atoms with E-state index in [9.17, 15) is 0 Å². The molecule has 3 saturated carbocycles. The first-order valence-electron chi connectivity index (χ1n) is 11.7. The molecular weight excluding hydrogens is 333 g/mol.